The highest BCUT2D eigenvalue weighted by Crippen LogP contribution is 2.53. The zero-order chi connectivity index (χ0) is 28.8. The summed E-state index contributed by atoms with van der Waals surface area (Å²) in [6, 6.07) is 5.60. The van der Waals surface area contributed by atoms with Gasteiger partial charge in [0.1, 0.15) is 5.69 Å². The molecule has 0 bridgehead atoms. The number of allylic oxidation sites excluding steroid dienone is 2. The number of aromatic nitrogens is 1. The molecule has 0 saturated heterocycles. The third-order valence-corrected chi connectivity index (χ3v) is 7.35. The van der Waals surface area contributed by atoms with Gasteiger partial charge in [-0.05, 0) is 58.9 Å². The van der Waals surface area contributed by atoms with Gasteiger partial charge in [0.15, 0.2) is 0 Å². The van der Waals surface area contributed by atoms with Gasteiger partial charge in [-0.2, -0.15) is 26.3 Å². The van der Waals surface area contributed by atoms with E-state index in [9.17, 15) is 41.0 Å². The van der Waals surface area contributed by atoms with Crippen LogP contribution in [0.3, 0.4) is 0 Å². The number of hydrogen-bond donors (Lipinski definition) is 3. The summed E-state index contributed by atoms with van der Waals surface area (Å²) in [5.41, 5.74) is 9.03. The molecule has 0 fully saturated rings. The first-order valence-corrected chi connectivity index (χ1v) is 11.8. The summed E-state index contributed by atoms with van der Waals surface area (Å²) in [7, 11) is 0. The average molecular weight is 554 g/mol. The Morgan fingerprint density at radius 2 is 1.79 bits per heavy atom. The van der Waals surface area contributed by atoms with Crippen molar-refractivity contribution < 1.29 is 41.0 Å². The Morgan fingerprint density at radius 1 is 1.08 bits per heavy atom. The van der Waals surface area contributed by atoms with Gasteiger partial charge in [-0.1, -0.05) is 24.3 Å². The van der Waals surface area contributed by atoms with Crippen molar-refractivity contribution in [3.05, 3.63) is 82.2 Å². The summed E-state index contributed by atoms with van der Waals surface area (Å²) >= 11 is 0. The van der Waals surface area contributed by atoms with Gasteiger partial charge in [-0.15, -0.1) is 0 Å². The minimum atomic E-state index is -4.72. The topological polar surface area (TPSA) is 123 Å². The van der Waals surface area contributed by atoms with E-state index in [1.807, 2.05) is 0 Å². The lowest BCUT2D eigenvalue weighted by atomic mass is 9.59. The van der Waals surface area contributed by atoms with Crippen LogP contribution in [0.2, 0.25) is 0 Å². The maximum absolute atomic E-state index is 13.4. The van der Waals surface area contributed by atoms with Crippen molar-refractivity contribution in [2.75, 3.05) is 19.7 Å². The number of aliphatic hydroxyl groups excluding tert-OH is 1. The molecule has 1 aliphatic carbocycles. The van der Waals surface area contributed by atoms with Crippen LogP contribution >= 0.6 is 0 Å². The van der Waals surface area contributed by atoms with Gasteiger partial charge < -0.3 is 21.5 Å². The second-order valence-electron chi connectivity index (χ2n) is 9.41. The maximum Gasteiger partial charge on any atom is 0.433 e. The second kappa shape index (κ2) is 10.0. The summed E-state index contributed by atoms with van der Waals surface area (Å²) < 4.78 is 79.5. The van der Waals surface area contributed by atoms with Gasteiger partial charge in [0, 0.05) is 25.2 Å². The lowest BCUT2D eigenvalue weighted by Crippen LogP contribution is -2.52. The number of nitrogens with zero attached hydrogens (tertiary/aromatic N) is 2. The Morgan fingerprint density at radius 3 is 2.33 bits per heavy atom. The Balaban J connectivity index is 1.89. The maximum atomic E-state index is 13.4. The van der Waals surface area contributed by atoms with Gasteiger partial charge in [-0.3, -0.25) is 9.78 Å². The molecule has 2 aliphatic rings. The van der Waals surface area contributed by atoms with Crippen molar-refractivity contribution in [3.63, 3.8) is 0 Å². The molecule has 0 spiro atoms. The normalized spacial score (nSPS) is 20.8. The molecule has 3 amide bonds. The van der Waals surface area contributed by atoms with Crippen molar-refractivity contribution in [3.8, 4) is 0 Å². The Labute approximate surface area is 218 Å². The third-order valence-electron chi connectivity index (χ3n) is 7.35. The highest BCUT2D eigenvalue weighted by molar-refractivity contribution is 5.92. The van der Waals surface area contributed by atoms with Crippen molar-refractivity contribution in [2.45, 2.75) is 31.1 Å². The molecule has 4 rings (SSSR count). The molecule has 2 heterocycles. The second-order valence-corrected chi connectivity index (χ2v) is 9.41. The van der Waals surface area contributed by atoms with E-state index in [-0.39, 0.29) is 42.6 Å². The number of amides is 3. The molecule has 2 unspecified atom stereocenters. The summed E-state index contributed by atoms with van der Waals surface area (Å²) in [5.74, 6) is -2.11. The van der Waals surface area contributed by atoms with E-state index in [2.05, 4.69) is 4.98 Å². The van der Waals surface area contributed by atoms with Gasteiger partial charge in [-0.25, -0.2) is 4.79 Å². The summed E-state index contributed by atoms with van der Waals surface area (Å²) in [5, 5.41) is 10.4. The van der Waals surface area contributed by atoms with Crippen LogP contribution < -0.4 is 11.5 Å². The van der Waals surface area contributed by atoms with Crippen LogP contribution in [-0.2, 0) is 17.1 Å². The molecule has 5 N–H and O–H groups in total. The zero-order valence-electron chi connectivity index (χ0n) is 20.3. The van der Waals surface area contributed by atoms with Crippen LogP contribution in [0.25, 0.3) is 5.57 Å². The molecule has 1 aromatic carbocycles. The minimum Gasteiger partial charge on any atom is -0.396 e. The standard InChI is InChI=1S/C26H24F6N4O3/c27-25(28,29)16-3-1-2-14(10-16)17-6-8-24(22(33)38,19-12-36(23(34)39)9-7-18(17)19)20(13-37)15-4-5-21(35-11-15)26(30,31)32/h1-6,10-11,20,37H,7-9,12-13H2,(H2,33,38)(H2,34,39). The summed E-state index contributed by atoms with van der Waals surface area (Å²) in [4.78, 5) is 29.9. The van der Waals surface area contributed by atoms with Gasteiger partial charge in [0.25, 0.3) is 0 Å². The number of hydrogen-bond acceptors (Lipinski definition) is 4. The molecule has 1 aromatic heterocycles. The molecule has 0 saturated carbocycles. The van der Waals surface area contributed by atoms with E-state index in [1.165, 1.54) is 17.0 Å². The summed E-state index contributed by atoms with van der Waals surface area (Å²) in [6.07, 6.45) is -6.98. The fourth-order valence-electron chi connectivity index (χ4n) is 5.42. The van der Waals surface area contributed by atoms with Crippen LogP contribution in [0.15, 0.2) is 59.8 Å². The quantitative estimate of drug-likeness (QED) is 0.479. The summed E-state index contributed by atoms with van der Waals surface area (Å²) in [6.45, 7) is -0.838. The number of aliphatic hydroxyl groups is 1. The first-order valence-electron chi connectivity index (χ1n) is 11.8. The van der Waals surface area contributed by atoms with Crippen molar-refractivity contribution in [2.24, 2.45) is 16.9 Å². The molecule has 2 aromatic rings. The molecular formula is C26H24F6N4O3. The van der Waals surface area contributed by atoms with Crippen LogP contribution in [0, 0.1) is 5.41 Å². The van der Waals surface area contributed by atoms with Crippen LogP contribution in [-0.4, -0.2) is 46.6 Å². The fraction of sp³-hybridized carbons (Fsp3) is 0.346. The average Bonchev–Trinajstić information content (AvgIpc) is 2.88. The largest absolute Gasteiger partial charge is 0.433 e. The van der Waals surface area contributed by atoms with Crippen LogP contribution in [0.4, 0.5) is 31.1 Å². The molecule has 13 heteroatoms. The number of nitrogens with two attached hydrogens (primary N) is 2. The monoisotopic (exact) mass is 554 g/mol. The number of benzene rings is 1. The fourth-order valence-corrected chi connectivity index (χ4v) is 5.42. The van der Waals surface area contributed by atoms with Crippen LogP contribution in [0.5, 0.6) is 0 Å². The number of carbonyl (C=O) groups excluding carboxylic acids is 2. The smallest absolute Gasteiger partial charge is 0.396 e. The molecule has 7 nitrogen and oxygen atoms in total. The number of halogens is 6. The number of alkyl halides is 6. The third kappa shape index (κ3) is 5.10. The van der Waals surface area contributed by atoms with E-state index < -0.39 is 53.5 Å². The van der Waals surface area contributed by atoms with Gasteiger partial charge >= 0.3 is 18.4 Å². The zero-order valence-corrected chi connectivity index (χ0v) is 20.3. The lowest BCUT2D eigenvalue weighted by Gasteiger charge is -2.46. The molecule has 2 atom stereocenters. The number of primary amides is 2. The number of rotatable bonds is 5. The van der Waals surface area contributed by atoms with Gasteiger partial charge in [0.2, 0.25) is 5.91 Å². The SMILES string of the molecule is NC(=O)N1CCC2=C(C1)C(C(N)=O)(C(CO)c1ccc(C(F)(F)F)nc1)CC=C2c1cccc(C(F)(F)F)c1. The Bertz CT molecular complexity index is 1350. The van der Waals surface area contributed by atoms with Crippen molar-refractivity contribution >= 4 is 17.5 Å². The van der Waals surface area contributed by atoms with Gasteiger partial charge in [0.05, 0.1) is 17.6 Å². The van der Waals surface area contributed by atoms with E-state index in [0.717, 1.165) is 24.4 Å². The first kappa shape index (κ1) is 28.1. The molecular weight excluding hydrogens is 530 g/mol. The van der Waals surface area contributed by atoms with E-state index in [0.29, 0.717) is 17.2 Å². The Hall–Kier alpha value is -3.87. The first-order chi connectivity index (χ1) is 18.2. The molecule has 208 valence electrons. The lowest BCUT2D eigenvalue weighted by molar-refractivity contribution is -0.141. The molecule has 0 radical (unpaired) electrons. The molecule has 39 heavy (non-hydrogen) atoms. The van der Waals surface area contributed by atoms with Crippen LogP contribution in [0.1, 0.15) is 41.1 Å². The highest BCUT2D eigenvalue weighted by atomic mass is 19.4. The van der Waals surface area contributed by atoms with Crippen molar-refractivity contribution in [1.82, 2.24) is 9.88 Å². The number of pyridine rings is 1. The number of urea groups is 1. The molecule has 1 aliphatic heterocycles. The number of carbonyl (C=O) groups is 2. The Kier molecular flexibility index (Phi) is 7.23. The predicted octanol–water partition coefficient (Wildman–Crippen LogP) is 4.24. The predicted molar refractivity (Wildman–Crippen MR) is 128 cm³/mol. The van der Waals surface area contributed by atoms with E-state index in [1.54, 1.807) is 6.08 Å². The minimum absolute atomic E-state index is 0.0864. The van der Waals surface area contributed by atoms with E-state index >= 15 is 0 Å². The highest BCUT2D eigenvalue weighted by Gasteiger charge is 2.52. The van der Waals surface area contributed by atoms with Crippen molar-refractivity contribution in [1.29, 1.82) is 0 Å². The van der Waals surface area contributed by atoms with E-state index in [4.69, 9.17) is 11.5 Å².